The van der Waals surface area contributed by atoms with Crippen LogP contribution in [0.15, 0.2) is 30.0 Å². The summed E-state index contributed by atoms with van der Waals surface area (Å²) in [6.07, 6.45) is 10.2. The quantitative estimate of drug-likeness (QED) is 0.237. The van der Waals surface area contributed by atoms with E-state index >= 15 is 0 Å². The van der Waals surface area contributed by atoms with Gasteiger partial charge in [0, 0.05) is 36.6 Å². The SMILES string of the molecule is CCCCCCc1ccc2c(c1)OC(C)(C)[C@H]1CCC(N(CC(C)C)C(=O)CC)=C[C@@]21OC(=O)CC. The summed E-state index contributed by atoms with van der Waals surface area (Å²) in [5.41, 5.74) is 1.63. The number of hydrogen-bond acceptors (Lipinski definition) is 4. The molecule has 1 aromatic rings. The van der Waals surface area contributed by atoms with Crippen molar-refractivity contribution in [2.75, 3.05) is 6.54 Å². The molecule has 0 saturated carbocycles. The van der Waals surface area contributed by atoms with Crippen molar-refractivity contribution in [2.45, 2.75) is 117 Å². The third kappa shape index (κ3) is 5.98. The van der Waals surface area contributed by atoms with Crippen molar-refractivity contribution in [1.29, 1.82) is 0 Å². The second-order valence-electron chi connectivity index (χ2n) is 11.4. The van der Waals surface area contributed by atoms with Gasteiger partial charge in [0.15, 0.2) is 5.60 Å². The van der Waals surface area contributed by atoms with E-state index < -0.39 is 11.2 Å². The Balaban J connectivity index is 2.13. The van der Waals surface area contributed by atoms with Gasteiger partial charge in [-0.15, -0.1) is 0 Å². The summed E-state index contributed by atoms with van der Waals surface area (Å²) in [5.74, 6) is 0.955. The van der Waals surface area contributed by atoms with Gasteiger partial charge in [0.05, 0.1) is 0 Å². The zero-order valence-corrected chi connectivity index (χ0v) is 23.6. The average Bonchev–Trinajstić information content (AvgIpc) is 2.83. The first-order valence-electron chi connectivity index (χ1n) is 14.1. The molecule has 2 aliphatic rings. The van der Waals surface area contributed by atoms with E-state index in [1.54, 1.807) is 0 Å². The van der Waals surface area contributed by atoms with Gasteiger partial charge in [-0.25, -0.2) is 0 Å². The Bertz CT molecular complexity index is 963. The van der Waals surface area contributed by atoms with Gasteiger partial charge in [-0.3, -0.25) is 9.59 Å². The van der Waals surface area contributed by atoms with Crippen LogP contribution >= 0.6 is 0 Å². The van der Waals surface area contributed by atoms with Gasteiger partial charge < -0.3 is 14.4 Å². The topological polar surface area (TPSA) is 55.8 Å². The maximum Gasteiger partial charge on any atom is 0.306 e. The van der Waals surface area contributed by atoms with Crippen molar-refractivity contribution in [3.05, 3.63) is 41.1 Å². The highest BCUT2D eigenvalue weighted by Crippen LogP contribution is 2.55. The normalized spacial score (nSPS) is 22.2. The Morgan fingerprint density at radius 1 is 1.11 bits per heavy atom. The van der Waals surface area contributed by atoms with Crippen molar-refractivity contribution in [3.8, 4) is 5.75 Å². The molecule has 2 atom stereocenters. The minimum Gasteiger partial charge on any atom is -0.487 e. The number of unbranched alkanes of at least 4 members (excludes halogenated alkanes) is 3. The van der Waals surface area contributed by atoms with Crippen LogP contribution < -0.4 is 4.74 Å². The molecule has 0 saturated heterocycles. The fourth-order valence-electron chi connectivity index (χ4n) is 5.86. The van der Waals surface area contributed by atoms with Crippen LogP contribution in [0.2, 0.25) is 0 Å². The number of nitrogens with zero attached hydrogens (tertiary/aromatic N) is 1. The summed E-state index contributed by atoms with van der Waals surface area (Å²) >= 11 is 0. The number of rotatable bonds is 11. The van der Waals surface area contributed by atoms with Crippen LogP contribution in [-0.4, -0.2) is 28.9 Å². The third-order valence-electron chi connectivity index (χ3n) is 7.66. The number of ether oxygens (including phenoxy) is 2. The number of carbonyl (C=O) groups excluding carboxylic acids is 2. The summed E-state index contributed by atoms with van der Waals surface area (Å²) < 4.78 is 13.0. The molecular formula is C31H47NO4. The van der Waals surface area contributed by atoms with E-state index in [4.69, 9.17) is 9.47 Å². The minimum absolute atomic E-state index is 0.0511. The van der Waals surface area contributed by atoms with Crippen LogP contribution in [0.25, 0.3) is 0 Å². The first-order valence-corrected chi connectivity index (χ1v) is 14.1. The van der Waals surface area contributed by atoms with Gasteiger partial charge in [-0.05, 0) is 63.2 Å². The standard InChI is InChI=1S/C31H47NO4/c1-8-11-12-13-14-23-15-17-25-26(19-23)35-30(6,7)27-18-16-24(20-31(25,27)36-29(34)10-3)32(21-22(4)5)28(33)9-2/h15,17,19-20,22,27H,8-14,16,18,21H2,1-7H3/t27-,31-/m1/s1. The highest BCUT2D eigenvalue weighted by molar-refractivity contribution is 5.78. The lowest BCUT2D eigenvalue weighted by molar-refractivity contribution is -0.177. The van der Waals surface area contributed by atoms with E-state index in [9.17, 15) is 9.59 Å². The van der Waals surface area contributed by atoms with E-state index in [2.05, 4.69) is 58.9 Å². The molecule has 1 aromatic carbocycles. The second kappa shape index (κ2) is 11.8. The van der Waals surface area contributed by atoms with Gasteiger partial charge in [0.1, 0.15) is 11.4 Å². The van der Waals surface area contributed by atoms with Crippen molar-refractivity contribution in [3.63, 3.8) is 0 Å². The predicted molar refractivity (Wildman–Crippen MR) is 145 cm³/mol. The Kier molecular flexibility index (Phi) is 9.29. The van der Waals surface area contributed by atoms with E-state index in [0.29, 0.717) is 25.3 Å². The first-order chi connectivity index (χ1) is 17.1. The zero-order valence-electron chi connectivity index (χ0n) is 23.6. The lowest BCUT2D eigenvalue weighted by Gasteiger charge is -2.53. The van der Waals surface area contributed by atoms with Crippen LogP contribution in [0.3, 0.4) is 0 Å². The highest BCUT2D eigenvalue weighted by atomic mass is 16.6. The van der Waals surface area contributed by atoms with Crippen LogP contribution in [0, 0.1) is 11.8 Å². The highest BCUT2D eigenvalue weighted by Gasteiger charge is 2.57. The van der Waals surface area contributed by atoms with E-state index in [0.717, 1.165) is 42.7 Å². The summed E-state index contributed by atoms with van der Waals surface area (Å²) in [5, 5.41) is 0. The molecule has 5 heteroatoms. The average molecular weight is 498 g/mol. The van der Waals surface area contributed by atoms with E-state index in [1.807, 2.05) is 18.7 Å². The maximum absolute atomic E-state index is 13.0. The molecule has 3 rings (SSSR count). The van der Waals surface area contributed by atoms with Gasteiger partial charge in [-0.1, -0.05) is 66.0 Å². The molecule has 0 bridgehead atoms. The fraction of sp³-hybridized carbons (Fsp3) is 0.677. The molecule has 1 heterocycles. The molecule has 0 radical (unpaired) electrons. The van der Waals surface area contributed by atoms with Crippen molar-refractivity contribution < 1.29 is 19.1 Å². The van der Waals surface area contributed by atoms with Crippen molar-refractivity contribution >= 4 is 11.9 Å². The molecule has 1 aliphatic heterocycles. The molecule has 0 N–H and O–H groups in total. The zero-order chi connectivity index (χ0) is 26.5. The third-order valence-corrected chi connectivity index (χ3v) is 7.66. The van der Waals surface area contributed by atoms with Gasteiger partial charge >= 0.3 is 5.97 Å². The lowest BCUT2D eigenvalue weighted by atomic mass is 9.65. The molecule has 0 spiro atoms. The van der Waals surface area contributed by atoms with Crippen LogP contribution in [-0.2, 0) is 26.3 Å². The number of benzene rings is 1. The fourth-order valence-corrected chi connectivity index (χ4v) is 5.86. The Hall–Kier alpha value is -2.30. The summed E-state index contributed by atoms with van der Waals surface area (Å²) in [7, 11) is 0. The van der Waals surface area contributed by atoms with E-state index in [-0.39, 0.29) is 17.8 Å². The van der Waals surface area contributed by atoms with Gasteiger partial charge in [0.25, 0.3) is 0 Å². The summed E-state index contributed by atoms with van der Waals surface area (Å²) in [4.78, 5) is 27.8. The number of aryl methyl sites for hydroxylation is 1. The molecular weight excluding hydrogens is 450 g/mol. The Morgan fingerprint density at radius 3 is 2.50 bits per heavy atom. The summed E-state index contributed by atoms with van der Waals surface area (Å²) in [6.45, 7) is 15.1. The molecule has 200 valence electrons. The number of amides is 1. The Morgan fingerprint density at radius 2 is 1.86 bits per heavy atom. The van der Waals surface area contributed by atoms with Crippen LogP contribution in [0.5, 0.6) is 5.75 Å². The van der Waals surface area contributed by atoms with E-state index in [1.165, 1.54) is 24.8 Å². The smallest absolute Gasteiger partial charge is 0.306 e. The second-order valence-corrected chi connectivity index (χ2v) is 11.4. The first kappa shape index (κ1) is 28.3. The molecule has 36 heavy (non-hydrogen) atoms. The minimum atomic E-state index is -0.957. The number of fused-ring (bicyclic) bond motifs is 3. The number of allylic oxidation sites excluding steroid dienone is 1. The molecule has 1 aliphatic carbocycles. The Labute approximate surface area is 218 Å². The van der Waals surface area contributed by atoms with Crippen LogP contribution in [0.1, 0.15) is 111 Å². The number of esters is 1. The molecule has 0 aromatic heterocycles. The van der Waals surface area contributed by atoms with Crippen molar-refractivity contribution in [1.82, 2.24) is 4.90 Å². The maximum atomic E-state index is 13.0. The molecule has 0 unspecified atom stereocenters. The molecule has 1 amide bonds. The molecule has 0 fully saturated rings. The molecule has 5 nitrogen and oxygen atoms in total. The van der Waals surface area contributed by atoms with Crippen LogP contribution in [0.4, 0.5) is 0 Å². The number of carbonyl (C=O) groups is 2. The summed E-state index contributed by atoms with van der Waals surface area (Å²) in [6, 6.07) is 6.41. The number of hydrogen-bond donors (Lipinski definition) is 0. The van der Waals surface area contributed by atoms with Gasteiger partial charge in [0.2, 0.25) is 5.91 Å². The van der Waals surface area contributed by atoms with Crippen molar-refractivity contribution in [2.24, 2.45) is 11.8 Å². The predicted octanol–water partition coefficient (Wildman–Crippen LogP) is 7.32. The van der Waals surface area contributed by atoms with Gasteiger partial charge in [-0.2, -0.15) is 0 Å². The lowest BCUT2D eigenvalue weighted by Crippen LogP contribution is -2.57. The largest absolute Gasteiger partial charge is 0.487 e. The monoisotopic (exact) mass is 497 g/mol.